The lowest BCUT2D eigenvalue weighted by atomic mass is 10.1. The Bertz CT molecular complexity index is 336. The molecular weight excluding hydrogens is 204 g/mol. The number of hydrogen-bond acceptors (Lipinski definition) is 2. The highest BCUT2D eigenvalue weighted by Gasteiger charge is 2.01. The summed E-state index contributed by atoms with van der Waals surface area (Å²) in [6, 6.07) is 8.12. The summed E-state index contributed by atoms with van der Waals surface area (Å²) in [5.74, 6) is 0. The van der Waals surface area contributed by atoms with Crippen molar-refractivity contribution in [2.75, 3.05) is 13.6 Å². The molecule has 1 aromatic rings. The maximum absolute atomic E-state index is 5.59. The van der Waals surface area contributed by atoms with E-state index in [1.165, 1.54) is 12.0 Å². The Balaban J connectivity index is 2.69. The molecule has 0 aromatic heterocycles. The molecule has 0 heterocycles. The summed E-state index contributed by atoms with van der Waals surface area (Å²) in [6.07, 6.45) is 1.17. The molecule has 0 aliphatic rings. The average molecular weight is 222 g/mol. The Hall–Kier alpha value is -0.930. The highest BCUT2D eigenvalue weighted by Crippen LogP contribution is 2.07. The van der Waals surface area contributed by atoms with E-state index in [0.29, 0.717) is 4.99 Å². The first kappa shape index (κ1) is 12.1. The average Bonchev–Trinajstić information content (AvgIpc) is 2.18. The van der Waals surface area contributed by atoms with Crippen LogP contribution < -0.4 is 5.73 Å². The summed E-state index contributed by atoms with van der Waals surface area (Å²) >= 11 is 4.95. The lowest BCUT2D eigenvalue weighted by Crippen LogP contribution is -2.19. The smallest absolute Gasteiger partial charge is 0.103 e. The zero-order valence-electron chi connectivity index (χ0n) is 9.36. The van der Waals surface area contributed by atoms with Crippen LogP contribution in [-0.4, -0.2) is 23.5 Å². The van der Waals surface area contributed by atoms with Gasteiger partial charge in [0.05, 0.1) is 0 Å². The molecule has 0 unspecified atom stereocenters. The lowest BCUT2D eigenvalue weighted by molar-refractivity contribution is 0.327. The fourth-order valence-corrected chi connectivity index (χ4v) is 1.72. The van der Waals surface area contributed by atoms with Crippen molar-refractivity contribution in [2.45, 2.75) is 19.9 Å². The Morgan fingerprint density at radius 3 is 2.80 bits per heavy atom. The highest BCUT2D eigenvalue weighted by atomic mass is 32.1. The van der Waals surface area contributed by atoms with Crippen LogP contribution >= 0.6 is 12.2 Å². The summed E-state index contributed by atoms with van der Waals surface area (Å²) in [5, 5.41) is 0. The van der Waals surface area contributed by atoms with Crippen LogP contribution in [0.2, 0.25) is 0 Å². The molecule has 0 aliphatic heterocycles. The first-order chi connectivity index (χ1) is 7.13. The van der Waals surface area contributed by atoms with Gasteiger partial charge in [-0.2, -0.15) is 0 Å². The van der Waals surface area contributed by atoms with E-state index in [0.717, 1.165) is 18.7 Å². The zero-order valence-corrected chi connectivity index (χ0v) is 10.2. The molecule has 0 bridgehead atoms. The molecule has 1 aromatic carbocycles. The molecule has 0 amide bonds. The molecule has 0 spiro atoms. The van der Waals surface area contributed by atoms with Crippen LogP contribution in [0.3, 0.4) is 0 Å². The van der Waals surface area contributed by atoms with Gasteiger partial charge in [0, 0.05) is 12.1 Å². The summed E-state index contributed by atoms with van der Waals surface area (Å²) in [7, 11) is 2.12. The Kier molecular flexibility index (Phi) is 4.72. The maximum Gasteiger partial charge on any atom is 0.103 e. The monoisotopic (exact) mass is 222 g/mol. The van der Waals surface area contributed by atoms with E-state index in [1.54, 1.807) is 0 Å². The van der Waals surface area contributed by atoms with Crippen molar-refractivity contribution in [1.29, 1.82) is 0 Å². The van der Waals surface area contributed by atoms with Gasteiger partial charge in [-0.3, -0.25) is 0 Å². The first-order valence-corrected chi connectivity index (χ1v) is 5.61. The molecule has 0 aliphatic carbocycles. The van der Waals surface area contributed by atoms with Crippen molar-refractivity contribution in [1.82, 2.24) is 4.90 Å². The van der Waals surface area contributed by atoms with Crippen LogP contribution in [0, 0.1) is 0 Å². The van der Waals surface area contributed by atoms with E-state index in [1.807, 2.05) is 12.1 Å². The molecule has 0 saturated heterocycles. The van der Waals surface area contributed by atoms with Crippen LogP contribution in [0.25, 0.3) is 0 Å². The third-order valence-electron chi connectivity index (χ3n) is 2.27. The second-order valence-electron chi connectivity index (χ2n) is 3.80. The van der Waals surface area contributed by atoms with Crippen molar-refractivity contribution in [2.24, 2.45) is 5.73 Å². The van der Waals surface area contributed by atoms with Crippen molar-refractivity contribution in [3.8, 4) is 0 Å². The van der Waals surface area contributed by atoms with Crippen molar-refractivity contribution in [3.05, 3.63) is 35.4 Å². The van der Waals surface area contributed by atoms with Crippen molar-refractivity contribution in [3.63, 3.8) is 0 Å². The number of rotatable bonds is 5. The number of benzene rings is 1. The normalized spacial score (nSPS) is 10.6. The molecule has 0 radical (unpaired) electrons. The minimum atomic E-state index is 0.468. The minimum Gasteiger partial charge on any atom is -0.389 e. The number of thiocarbonyl (C=S) groups is 1. The Morgan fingerprint density at radius 2 is 2.20 bits per heavy atom. The van der Waals surface area contributed by atoms with Gasteiger partial charge >= 0.3 is 0 Å². The van der Waals surface area contributed by atoms with Crippen LogP contribution in [0.1, 0.15) is 24.5 Å². The number of nitrogens with zero attached hydrogens (tertiary/aromatic N) is 1. The standard InChI is InChI=1S/C12H18N2S/c1-3-7-14(2)9-10-5-4-6-11(8-10)12(13)15/h4-6,8H,3,7,9H2,1-2H3,(H2,13,15). The largest absolute Gasteiger partial charge is 0.389 e. The topological polar surface area (TPSA) is 29.3 Å². The quantitative estimate of drug-likeness (QED) is 0.774. The summed E-state index contributed by atoms with van der Waals surface area (Å²) in [5.41, 5.74) is 7.80. The third-order valence-corrected chi connectivity index (χ3v) is 2.51. The van der Waals surface area contributed by atoms with Gasteiger partial charge in [0.15, 0.2) is 0 Å². The molecule has 2 N–H and O–H groups in total. The lowest BCUT2D eigenvalue weighted by Gasteiger charge is -2.15. The molecule has 0 saturated carbocycles. The van der Waals surface area contributed by atoms with Gasteiger partial charge in [-0.25, -0.2) is 0 Å². The van der Waals surface area contributed by atoms with E-state index >= 15 is 0 Å². The molecule has 15 heavy (non-hydrogen) atoms. The predicted molar refractivity (Wildman–Crippen MR) is 69.0 cm³/mol. The predicted octanol–water partition coefficient (Wildman–Crippen LogP) is 2.16. The van der Waals surface area contributed by atoms with Gasteiger partial charge in [-0.05, 0) is 31.6 Å². The fourth-order valence-electron chi connectivity index (χ4n) is 1.60. The van der Waals surface area contributed by atoms with E-state index in [2.05, 4.69) is 31.0 Å². The second-order valence-corrected chi connectivity index (χ2v) is 4.24. The highest BCUT2D eigenvalue weighted by molar-refractivity contribution is 7.80. The SMILES string of the molecule is CCCN(C)Cc1cccc(C(N)=S)c1. The van der Waals surface area contributed by atoms with Crippen LogP contribution in [0.15, 0.2) is 24.3 Å². The fraction of sp³-hybridized carbons (Fsp3) is 0.417. The molecule has 0 atom stereocenters. The zero-order chi connectivity index (χ0) is 11.3. The van der Waals surface area contributed by atoms with Gasteiger partial charge < -0.3 is 10.6 Å². The van der Waals surface area contributed by atoms with E-state index in [-0.39, 0.29) is 0 Å². The van der Waals surface area contributed by atoms with E-state index in [4.69, 9.17) is 18.0 Å². The van der Waals surface area contributed by atoms with Crippen LogP contribution in [0.5, 0.6) is 0 Å². The van der Waals surface area contributed by atoms with E-state index in [9.17, 15) is 0 Å². The van der Waals surface area contributed by atoms with Gasteiger partial charge in [0.2, 0.25) is 0 Å². The van der Waals surface area contributed by atoms with Gasteiger partial charge in [0.1, 0.15) is 4.99 Å². The number of hydrogen-bond donors (Lipinski definition) is 1. The van der Waals surface area contributed by atoms with Crippen LogP contribution in [-0.2, 0) is 6.54 Å². The summed E-state index contributed by atoms with van der Waals surface area (Å²) in [6.45, 7) is 4.24. The third kappa shape index (κ3) is 3.98. The van der Waals surface area contributed by atoms with Gasteiger partial charge in [0.25, 0.3) is 0 Å². The second kappa shape index (κ2) is 5.83. The maximum atomic E-state index is 5.59. The minimum absolute atomic E-state index is 0.468. The Labute approximate surface area is 97.1 Å². The molecule has 82 valence electrons. The van der Waals surface area contributed by atoms with Crippen molar-refractivity contribution >= 4 is 17.2 Å². The first-order valence-electron chi connectivity index (χ1n) is 5.20. The molecule has 2 nitrogen and oxygen atoms in total. The van der Waals surface area contributed by atoms with Gasteiger partial charge in [-0.1, -0.05) is 37.3 Å². The molecular formula is C12H18N2S. The Morgan fingerprint density at radius 1 is 1.47 bits per heavy atom. The van der Waals surface area contributed by atoms with Crippen LogP contribution in [0.4, 0.5) is 0 Å². The molecule has 1 rings (SSSR count). The molecule has 0 fully saturated rings. The van der Waals surface area contributed by atoms with E-state index < -0.39 is 0 Å². The van der Waals surface area contributed by atoms with Crippen molar-refractivity contribution < 1.29 is 0 Å². The number of nitrogens with two attached hydrogens (primary N) is 1. The summed E-state index contributed by atoms with van der Waals surface area (Å²) in [4.78, 5) is 2.76. The molecule has 3 heteroatoms. The summed E-state index contributed by atoms with van der Waals surface area (Å²) < 4.78 is 0. The van der Waals surface area contributed by atoms with Gasteiger partial charge in [-0.15, -0.1) is 0 Å².